The van der Waals surface area contributed by atoms with Gasteiger partial charge in [-0.25, -0.2) is 4.98 Å². The molecule has 18 heavy (non-hydrogen) atoms. The van der Waals surface area contributed by atoms with Gasteiger partial charge in [-0.15, -0.1) is 0 Å². The molecule has 90 valence electrons. The first kappa shape index (κ1) is 12.1. The maximum atomic E-state index is 9.15. The number of fused-ring (bicyclic) bond motifs is 1. The fourth-order valence-electron chi connectivity index (χ4n) is 1.81. The molecule has 2 rings (SSSR count). The fourth-order valence-corrected chi connectivity index (χ4v) is 1.81. The summed E-state index contributed by atoms with van der Waals surface area (Å²) >= 11 is 0. The molecule has 1 heterocycles. The second-order valence-electron chi connectivity index (χ2n) is 3.97. The van der Waals surface area contributed by atoms with E-state index in [2.05, 4.69) is 22.4 Å². The van der Waals surface area contributed by atoms with Gasteiger partial charge in [0.1, 0.15) is 5.82 Å². The van der Waals surface area contributed by atoms with E-state index in [1.165, 1.54) is 0 Å². The summed E-state index contributed by atoms with van der Waals surface area (Å²) in [5.41, 5.74) is 1.51. The molecule has 3 nitrogen and oxygen atoms in total. The number of nitrogens with zero attached hydrogens (tertiary/aromatic N) is 2. The molecule has 0 aliphatic heterocycles. The molecule has 0 saturated heterocycles. The average Bonchev–Trinajstić information content (AvgIpc) is 2.42. The second kappa shape index (κ2) is 5.83. The lowest BCUT2D eigenvalue weighted by molar-refractivity contribution is 1.05. The van der Waals surface area contributed by atoms with Crippen LogP contribution in [0.2, 0.25) is 0 Å². The van der Waals surface area contributed by atoms with Crippen molar-refractivity contribution in [3.05, 3.63) is 48.0 Å². The number of benzene rings is 1. The number of hydrogen-bond donors (Lipinski definition) is 1. The summed E-state index contributed by atoms with van der Waals surface area (Å²) < 4.78 is 0. The van der Waals surface area contributed by atoms with E-state index in [9.17, 15) is 0 Å². The van der Waals surface area contributed by atoms with Crippen LogP contribution in [0.3, 0.4) is 0 Å². The highest BCUT2D eigenvalue weighted by molar-refractivity contribution is 5.86. The Kier molecular flexibility index (Phi) is 3.93. The number of nitriles is 1. The van der Waals surface area contributed by atoms with Gasteiger partial charge in [0.15, 0.2) is 0 Å². The number of anilines is 1. The highest BCUT2D eigenvalue weighted by atomic mass is 15.0. The SMILES string of the molecule is C/C=C/CCNc1cc(C#N)c2ccccc2n1. The van der Waals surface area contributed by atoms with Crippen molar-refractivity contribution in [2.24, 2.45) is 0 Å². The van der Waals surface area contributed by atoms with E-state index >= 15 is 0 Å². The molecule has 1 N–H and O–H groups in total. The summed E-state index contributed by atoms with van der Waals surface area (Å²) in [6.07, 6.45) is 5.07. The van der Waals surface area contributed by atoms with E-state index in [1.807, 2.05) is 37.3 Å². The van der Waals surface area contributed by atoms with Gasteiger partial charge in [0, 0.05) is 11.9 Å². The molecule has 0 aliphatic carbocycles. The smallest absolute Gasteiger partial charge is 0.127 e. The minimum Gasteiger partial charge on any atom is -0.370 e. The zero-order chi connectivity index (χ0) is 12.8. The zero-order valence-electron chi connectivity index (χ0n) is 10.4. The molecule has 0 unspecified atom stereocenters. The van der Waals surface area contributed by atoms with Gasteiger partial charge < -0.3 is 5.32 Å². The molecule has 0 aliphatic rings. The predicted octanol–water partition coefficient (Wildman–Crippen LogP) is 3.48. The van der Waals surface area contributed by atoms with E-state index in [1.54, 1.807) is 6.07 Å². The van der Waals surface area contributed by atoms with Crippen molar-refractivity contribution < 1.29 is 0 Å². The number of rotatable bonds is 4. The van der Waals surface area contributed by atoms with Crippen LogP contribution in [0.1, 0.15) is 18.9 Å². The van der Waals surface area contributed by atoms with Gasteiger partial charge in [0.2, 0.25) is 0 Å². The number of nitrogens with one attached hydrogen (secondary N) is 1. The molecule has 3 heteroatoms. The Hall–Kier alpha value is -2.34. The summed E-state index contributed by atoms with van der Waals surface area (Å²) in [6.45, 7) is 2.82. The van der Waals surface area contributed by atoms with Gasteiger partial charge in [0.25, 0.3) is 0 Å². The number of pyridine rings is 1. The molecule has 0 saturated carbocycles. The van der Waals surface area contributed by atoms with Crippen LogP contribution in [0.4, 0.5) is 5.82 Å². The first-order chi connectivity index (χ1) is 8.85. The lowest BCUT2D eigenvalue weighted by Gasteiger charge is -2.06. The quantitative estimate of drug-likeness (QED) is 0.654. The maximum absolute atomic E-state index is 9.15. The molecule has 1 aromatic carbocycles. The van der Waals surface area contributed by atoms with Crippen molar-refractivity contribution in [2.75, 3.05) is 11.9 Å². The van der Waals surface area contributed by atoms with Crippen LogP contribution in [-0.2, 0) is 0 Å². The molecular formula is C15H15N3. The van der Waals surface area contributed by atoms with Crippen LogP contribution in [0.15, 0.2) is 42.5 Å². The van der Waals surface area contributed by atoms with Gasteiger partial charge in [-0.05, 0) is 25.5 Å². The normalized spacial score (nSPS) is 10.7. The first-order valence-electron chi connectivity index (χ1n) is 6.00. The Morgan fingerprint density at radius 1 is 1.39 bits per heavy atom. The van der Waals surface area contributed by atoms with Crippen molar-refractivity contribution in [1.29, 1.82) is 5.26 Å². The van der Waals surface area contributed by atoms with E-state index in [0.29, 0.717) is 5.56 Å². The minimum absolute atomic E-state index is 0.661. The third kappa shape index (κ3) is 2.67. The molecule has 2 aromatic rings. The fraction of sp³-hybridized carbons (Fsp3) is 0.200. The van der Waals surface area contributed by atoms with Crippen molar-refractivity contribution in [2.45, 2.75) is 13.3 Å². The first-order valence-corrected chi connectivity index (χ1v) is 6.00. The summed E-state index contributed by atoms with van der Waals surface area (Å²) in [5, 5.41) is 13.3. The number of hydrogen-bond acceptors (Lipinski definition) is 3. The number of aromatic nitrogens is 1. The Morgan fingerprint density at radius 2 is 2.22 bits per heavy atom. The van der Waals surface area contributed by atoms with Crippen molar-refractivity contribution >= 4 is 16.7 Å². The van der Waals surface area contributed by atoms with Crippen molar-refractivity contribution in [3.63, 3.8) is 0 Å². The van der Waals surface area contributed by atoms with Crippen LogP contribution >= 0.6 is 0 Å². The van der Waals surface area contributed by atoms with Gasteiger partial charge in [-0.1, -0.05) is 30.4 Å². The Bertz CT molecular complexity index is 609. The Morgan fingerprint density at radius 3 is 3.00 bits per heavy atom. The summed E-state index contributed by atoms with van der Waals surface area (Å²) in [4.78, 5) is 4.50. The van der Waals surface area contributed by atoms with Gasteiger partial charge in [0.05, 0.1) is 17.1 Å². The molecule has 0 spiro atoms. The van der Waals surface area contributed by atoms with E-state index in [0.717, 1.165) is 29.7 Å². The summed E-state index contributed by atoms with van der Waals surface area (Å²) in [5.74, 6) is 0.759. The second-order valence-corrected chi connectivity index (χ2v) is 3.97. The zero-order valence-corrected chi connectivity index (χ0v) is 10.4. The van der Waals surface area contributed by atoms with Crippen molar-refractivity contribution in [1.82, 2.24) is 4.98 Å². The summed E-state index contributed by atoms with van der Waals surface area (Å²) in [6, 6.07) is 11.7. The molecular weight excluding hydrogens is 222 g/mol. The molecule has 0 atom stereocenters. The lowest BCUT2D eigenvalue weighted by Crippen LogP contribution is -2.03. The minimum atomic E-state index is 0.661. The van der Waals surface area contributed by atoms with Crippen molar-refractivity contribution in [3.8, 4) is 6.07 Å². The molecule has 1 aromatic heterocycles. The molecule has 0 fully saturated rings. The van der Waals surface area contributed by atoms with Crippen LogP contribution in [-0.4, -0.2) is 11.5 Å². The molecule has 0 amide bonds. The summed E-state index contributed by atoms with van der Waals surface area (Å²) in [7, 11) is 0. The van der Waals surface area contributed by atoms with Crippen LogP contribution in [0.5, 0.6) is 0 Å². The lowest BCUT2D eigenvalue weighted by atomic mass is 10.1. The van der Waals surface area contributed by atoms with Crippen LogP contribution in [0, 0.1) is 11.3 Å². The topological polar surface area (TPSA) is 48.7 Å². The van der Waals surface area contributed by atoms with E-state index in [4.69, 9.17) is 5.26 Å². The average molecular weight is 237 g/mol. The highest BCUT2D eigenvalue weighted by Gasteiger charge is 2.04. The maximum Gasteiger partial charge on any atom is 0.127 e. The third-order valence-electron chi connectivity index (χ3n) is 2.69. The number of para-hydroxylation sites is 1. The monoisotopic (exact) mass is 237 g/mol. The highest BCUT2D eigenvalue weighted by Crippen LogP contribution is 2.19. The van der Waals surface area contributed by atoms with Crippen LogP contribution < -0.4 is 5.32 Å². The Labute approximate surface area is 107 Å². The number of allylic oxidation sites excluding steroid dienone is 1. The van der Waals surface area contributed by atoms with Gasteiger partial charge in [-0.3, -0.25) is 0 Å². The molecule has 0 bridgehead atoms. The van der Waals surface area contributed by atoms with Crippen LogP contribution in [0.25, 0.3) is 10.9 Å². The largest absolute Gasteiger partial charge is 0.370 e. The molecule has 0 radical (unpaired) electrons. The predicted molar refractivity (Wildman–Crippen MR) is 74.4 cm³/mol. The Balaban J connectivity index is 2.27. The van der Waals surface area contributed by atoms with Gasteiger partial charge >= 0.3 is 0 Å². The third-order valence-corrected chi connectivity index (χ3v) is 2.69. The standard InChI is InChI=1S/C15H15N3/c1-2-3-6-9-17-15-10-12(11-16)13-7-4-5-8-14(13)18-15/h2-5,7-8,10H,6,9H2,1H3,(H,17,18)/b3-2+. The van der Waals surface area contributed by atoms with E-state index in [-0.39, 0.29) is 0 Å². The van der Waals surface area contributed by atoms with Gasteiger partial charge in [-0.2, -0.15) is 5.26 Å². The van der Waals surface area contributed by atoms with E-state index < -0.39 is 0 Å².